The molecule has 2 aromatic rings. The molecule has 0 bridgehead atoms. The minimum absolute atomic E-state index is 0.101. The van der Waals surface area contributed by atoms with Crippen LogP contribution in [0.5, 0.6) is 17.5 Å². The molecule has 10 nitrogen and oxygen atoms in total. The highest BCUT2D eigenvalue weighted by Gasteiger charge is 2.25. The van der Waals surface area contributed by atoms with Crippen LogP contribution in [0.25, 0.3) is 0 Å². The van der Waals surface area contributed by atoms with E-state index in [0.717, 1.165) is 0 Å². The fourth-order valence-corrected chi connectivity index (χ4v) is 3.36. The van der Waals surface area contributed by atoms with Crippen molar-refractivity contribution < 1.29 is 27.4 Å². The quantitative estimate of drug-likeness (QED) is 0.442. The molecule has 0 aliphatic heterocycles. The summed E-state index contributed by atoms with van der Waals surface area (Å²) >= 11 is 6.83. The number of carbonyl (C=O) groups is 1. The lowest BCUT2D eigenvalue weighted by molar-refractivity contribution is 0.256. The molecule has 1 unspecified atom stereocenters. The number of amides is 2. The molecule has 0 saturated carbocycles. The first-order valence-corrected chi connectivity index (χ1v) is 11.8. The molecule has 1 aromatic carbocycles. The van der Waals surface area contributed by atoms with Crippen molar-refractivity contribution in [2.24, 2.45) is 0 Å². The Balaban J connectivity index is 2.18. The second kappa shape index (κ2) is 10.3. The summed E-state index contributed by atoms with van der Waals surface area (Å²) in [6, 6.07) is 6.32. The number of methoxy groups -OCH3 is 2. The number of nitrogens with zero attached hydrogens (tertiary/aromatic N) is 2. The highest BCUT2D eigenvalue weighted by atomic mass is 79.9. The average molecular weight is 568 g/mol. The zero-order chi connectivity index (χ0) is 22.4. The Hall–Kier alpha value is -2.12. The van der Waals surface area contributed by atoms with Crippen LogP contribution in [0.15, 0.2) is 35.2 Å². The van der Waals surface area contributed by atoms with E-state index in [1.165, 1.54) is 38.5 Å². The second-order valence-corrected chi connectivity index (χ2v) is 10.2. The van der Waals surface area contributed by atoms with E-state index in [1.807, 2.05) is 11.6 Å². The lowest BCUT2D eigenvalue weighted by Crippen LogP contribution is -2.35. The molecule has 2 rings (SSSR count). The number of aromatic nitrogens is 2. The topological polar surface area (TPSA) is 129 Å². The molecule has 0 aliphatic rings. The van der Waals surface area contributed by atoms with E-state index >= 15 is 0 Å². The van der Waals surface area contributed by atoms with Crippen molar-refractivity contribution in [1.82, 2.24) is 14.7 Å². The second-order valence-electron chi connectivity index (χ2n) is 6.12. The van der Waals surface area contributed by atoms with Gasteiger partial charge in [-0.1, -0.05) is 44.0 Å². The third kappa shape index (κ3) is 6.71. The van der Waals surface area contributed by atoms with Crippen molar-refractivity contribution in [2.75, 3.05) is 31.5 Å². The Labute approximate surface area is 191 Å². The van der Waals surface area contributed by atoms with Gasteiger partial charge in [0.1, 0.15) is 17.3 Å². The fourth-order valence-electron chi connectivity index (χ4n) is 2.03. The molecule has 2 amide bonds. The maximum Gasteiger partial charge on any atom is 0.335 e. The largest absolute Gasteiger partial charge is 0.491 e. The van der Waals surface area contributed by atoms with Crippen LogP contribution in [0.3, 0.4) is 0 Å². The summed E-state index contributed by atoms with van der Waals surface area (Å²) in [5.74, 6) is 0.159. The van der Waals surface area contributed by atoms with Crippen LogP contribution < -0.4 is 24.2 Å². The van der Waals surface area contributed by atoms with Gasteiger partial charge in [0.15, 0.2) is 0 Å². The Morgan fingerprint density at radius 2 is 1.77 bits per heavy atom. The van der Waals surface area contributed by atoms with E-state index in [4.69, 9.17) is 14.2 Å². The number of nitrogens with one attached hydrogen (secondary N) is 2. The van der Waals surface area contributed by atoms with Gasteiger partial charge in [-0.25, -0.2) is 17.9 Å². The van der Waals surface area contributed by atoms with Gasteiger partial charge in [0, 0.05) is 5.33 Å². The van der Waals surface area contributed by atoms with Crippen LogP contribution in [0.4, 0.5) is 10.7 Å². The molecule has 1 aromatic heterocycles. The van der Waals surface area contributed by atoms with Crippen LogP contribution in [-0.2, 0) is 10.0 Å². The number of halogens is 2. The van der Waals surface area contributed by atoms with E-state index in [2.05, 4.69) is 47.1 Å². The molecule has 13 heteroatoms. The summed E-state index contributed by atoms with van der Waals surface area (Å²) in [5, 5.41) is 2.82. The predicted octanol–water partition coefficient (Wildman–Crippen LogP) is 2.93. The minimum Gasteiger partial charge on any atom is -0.491 e. The molecular weight excluding hydrogens is 548 g/mol. The normalized spacial score (nSPS) is 13.1. The molecule has 0 spiro atoms. The molecule has 0 aliphatic carbocycles. The SMILES string of the molecule is COc1cc(OC)nc(NC(=O)NS(=O)(=O)c2ccccc2OCC(C)(Br)CBr)n1. The van der Waals surface area contributed by atoms with Crippen molar-refractivity contribution in [3.05, 3.63) is 30.3 Å². The Morgan fingerprint density at radius 3 is 2.33 bits per heavy atom. The molecule has 1 heterocycles. The highest BCUT2D eigenvalue weighted by molar-refractivity contribution is 9.12. The van der Waals surface area contributed by atoms with E-state index in [0.29, 0.717) is 5.33 Å². The smallest absolute Gasteiger partial charge is 0.335 e. The maximum absolute atomic E-state index is 12.7. The molecule has 1 atom stereocenters. The minimum atomic E-state index is -4.25. The molecule has 0 fully saturated rings. The number of para-hydroxylation sites is 1. The summed E-state index contributed by atoms with van der Waals surface area (Å²) in [7, 11) is -1.50. The van der Waals surface area contributed by atoms with Crippen molar-refractivity contribution in [2.45, 2.75) is 16.1 Å². The molecule has 0 radical (unpaired) electrons. The first kappa shape index (κ1) is 24.2. The number of urea groups is 1. The van der Waals surface area contributed by atoms with Crippen molar-refractivity contribution in [3.8, 4) is 17.5 Å². The Bertz CT molecular complexity index is 981. The van der Waals surface area contributed by atoms with Gasteiger partial charge in [0.25, 0.3) is 10.0 Å². The summed E-state index contributed by atoms with van der Waals surface area (Å²) in [5.41, 5.74) is 0. The lowest BCUT2D eigenvalue weighted by atomic mass is 10.2. The predicted molar refractivity (Wildman–Crippen MR) is 118 cm³/mol. The third-order valence-electron chi connectivity index (χ3n) is 3.50. The fraction of sp³-hybridized carbons (Fsp3) is 0.353. The zero-order valence-electron chi connectivity index (χ0n) is 16.3. The lowest BCUT2D eigenvalue weighted by Gasteiger charge is -2.21. The monoisotopic (exact) mass is 566 g/mol. The van der Waals surface area contributed by atoms with Crippen LogP contribution >= 0.6 is 31.9 Å². The Morgan fingerprint density at radius 1 is 1.17 bits per heavy atom. The van der Waals surface area contributed by atoms with Crippen LogP contribution in [0, 0.1) is 0 Å². The first-order valence-electron chi connectivity index (χ1n) is 8.38. The summed E-state index contributed by atoms with van der Waals surface area (Å²) < 4.78 is 42.6. The molecule has 164 valence electrons. The van der Waals surface area contributed by atoms with Gasteiger partial charge in [-0.3, -0.25) is 5.32 Å². The van der Waals surface area contributed by atoms with Crippen LogP contribution in [-0.4, -0.2) is 54.9 Å². The summed E-state index contributed by atoms with van der Waals surface area (Å²) in [6.45, 7) is 2.07. The Kier molecular flexibility index (Phi) is 8.26. The maximum atomic E-state index is 12.7. The van der Waals surface area contributed by atoms with Crippen molar-refractivity contribution >= 4 is 53.9 Å². The van der Waals surface area contributed by atoms with E-state index in [1.54, 1.807) is 6.07 Å². The molecule has 2 N–H and O–H groups in total. The number of hydrogen-bond donors (Lipinski definition) is 2. The number of benzene rings is 1. The standard InChI is InChI=1S/C17H20Br2N4O6S/c1-17(19,9-18)10-29-11-6-4-5-7-12(11)30(25,26)23-16(24)22-15-20-13(27-2)8-14(21-15)28-3/h4-8H,9-10H2,1-3H3,(H2,20,21,22,23,24). The van der Waals surface area contributed by atoms with Gasteiger partial charge in [-0.05, 0) is 19.1 Å². The van der Waals surface area contributed by atoms with Gasteiger partial charge in [-0.2, -0.15) is 9.97 Å². The van der Waals surface area contributed by atoms with Crippen molar-refractivity contribution in [3.63, 3.8) is 0 Å². The number of carbonyl (C=O) groups excluding carboxylic acids is 1. The number of alkyl halides is 2. The van der Waals surface area contributed by atoms with Gasteiger partial charge in [0.05, 0.1) is 24.6 Å². The zero-order valence-corrected chi connectivity index (χ0v) is 20.3. The first-order chi connectivity index (χ1) is 14.1. The van der Waals surface area contributed by atoms with Gasteiger partial charge < -0.3 is 14.2 Å². The molecule has 30 heavy (non-hydrogen) atoms. The van der Waals surface area contributed by atoms with Crippen LogP contribution in [0.2, 0.25) is 0 Å². The molecule has 0 saturated heterocycles. The summed E-state index contributed by atoms with van der Waals surface area (Å²) in [6.07, 6.45) is 0. The number of hydrogen-bond acceptors (Lipinski definition) is 8. The van der Waals surface area contributed by atoms with E-state index < -0.39 is 20.4 Å². The number of rotatable bonds is 9. The summed E-state index contributed by atoms with van der Waals surface area (Å²) in [4.78, 5) is 19.9. The van der Waals surface area contributed by atoms with Crippen molar-refractivity contribution in [1.29, 1.82) is 0 Å². The number of anilines is 1. The molecular formula is C17H20Br2N4O6S. The highest BCUT2D eigenvalue weighted by Crippen LogP contribution is 2.27. The van der Waals surface area contributed by atoms with Gasteiger partial charge in [0.2, 0.25) is 17.7 Å². The third-order valence-corrected chi connectivity index (χ3v) is 7.37. The van der Waals surface area contributed by atoms with E-state index in [-0.39, 0.29) is 35.0 Å². The average Bonchev–Trinajstić information content (AvgIpc) is 2.71. The van der Waals surface area contributed by atoms with E-state index in [9.17, 15) is 13.2 Å². The number of ether oxygens (including phenoxy) is 3. The van der Waals surface area contributed by atoms with Gasteiger partial charge >= 0.3 is 6.03 Å². The number of sulfonamides is 1. The van der Waals surface area contributed by atoms with Crippen LogP contribution in [0.1, 0.15) is 6.92 Å². The van der Waals surface area contributed by atoms with Gasteiger partial charge in [-0.15, -0.1) is 0 Å².